The smallest absolute Gasteiger partial charge is 0.306 e. The van der Waals surface area contributed by atoms with Gasteiger partial charge in [0.05, 0.1) is 28.2 Å². The van der Waals surface area contributed by atoms with E-state index in [1.54, 1.807) is 36.4 Å². The third-order valence-corrected chi connectivity index (χ3v) is 4.38. The Morgan fingerprint density at radius 2 is 1.70 bits per heavy atom. The van der Waals surface area contributed by atoms with Gasteiger partial charge >= 0.3 is 6.03 Å². The topological polar surface area (TPSA) is 71.1 Å². The molecular formula is C20H15Cl2N3O2. The molecule has 3 amide bonds. The molecule has 0 radical (unpaired) electrons. The zero-order valence-electron chi connectivity index (χ0n) is 14.3. The van der Waals surface area contributed by atoms with Crippen molar-refractivity contribution in [2.75, 3.05) is 5.32 Å². The van der Waals surface area contributed by atoms with Crippen LogP contribution < -0.4 is 10.6 Å². The number of pyridine rings is 1. The third kappa shape index (κ3) is 4.64. The van der Waals surface area contributed by atoms with E-state index in [0.717, 1.165) is 16.8 Å². The van der Waals surface area contributed by atoms with Gasteiger partial charge in [0.2, 0.25) is 0 Å². The number of benzene rings is 2. The number of carbonyl (C=O) groups is 2. The molecule has 0 bridgehead atoms. The first-order chi connectivity index (χ1) is 12.9. The van der Waals surface area contributed by atoms with Crippen molar-refractivity contribution in [1.29, 1.82) is 0 Å². The van der Waals surface area contributed by atoms with E-state index in [1.807, 2.05) is 19.1 Å². The monoisotopic (exact) mass is 399 g/mol. The summed E-state index contributed by atoms with van der Waals surface area (Å²) in [6, 6.07) is 14.9. The van der Waals surface area contributed by atoms with Crippen LogP contribution in [0.15, 0.2) is 60.8 Å². The standard InChI is InChI=1S/C20H15Cl2N3O2/c1-12-10-15(11-23-18(12)13-6-8-14(21)9-7-13)24-20(27)25-19(26)16-4-2-3-5-17(16)22/h2-11H,1H3,(H2,24,25,26,27). The van der Waals surface area contributed by atoms with Gasteiger partial charge in [-0.3, -0.25) is 15.1 Å². The number of imide groups is 1. The minimum atomic E-state index is -0.666. The molecule has 0 saturated carbocycles. The molecule has 136 valence electrons. The molecule has 0 aliphatic heterocycles. The number of amides is 3. The lowest BCUT2D eigenvalue weighted by atomic mass is 10.1. The lowest BCUT2D eigenvalue weighted by Gasteiger charge is -2.10. The molecule has 0 spiro atoms. The minimum Gasteiger partial charge on any atom is -0.306 e. The number of hydrogen-bond acceptors (Lipinski definition) is 3. The van der Waals surface area contributed by atoms with Crippen LogP contribution in [-0.2, 0) is 0 Å². The van der Waals surface area contributed by atoms with Crippen LogP contribution in [0.1, 0.15) is 15.9 Å². The third-order valence-electron chi connectivity index (χ3n) is 3.80. The summed E-state index contributed by atoms with van der Waals surface area (Å²) in [6.45, 7) is 1.88. The molecule has 2 N–H and O–H groups in total. The van der Waals surface area contributed by atoms with Crippen LogP contribution in [0.5, 0.6) is 0 Å². The van der Waals surface area contributed by atoms with Crippen molar-refractivity contribution in [3.05, 3.63) is 82.0 Å². The summed E-state index contributed by atoms with van der Waals surface area (Å²) in [6.07, 6.45) is 1.52. The predicted molar refractivity (Wildman–Crippen MR) is 107 cm³/mol. The number of carbonyl (C=O) groups excluding carboxylic acids is 2. The molecule has 0 aliphatic carbocycles. The van der Waals surface area contributed by atoms with Crippen molar-refractivity contribution in [2.45, 2.75) is 6.92 Å². The number of urea groups is 1. The second-order valence-electron chi connectivity index (χ2n) is 5.78. The average Bonchev–Trinajstić information content (AvgIpc) is 2.63. The van der Waals surface area contributed by atoms with Crippen molar-refractivity contribution < 1.29 is 9.59 Å². The maximum Gasteiger partial charge on any atom is 0.326 e. The van der Waals surface area contributed by atoms with Gasteiger partial charge in [-0.25, -0.2) is 4.79 Å². The number of rotatable bonds is 3. The summed E-state index contributed by atoms with van der Waals surface area (Å²) in [4.78, 5) is 28.6. The Labute approximate surface area is 166 Å². The fourth-order valence-electron chi connectivity index (χ4n) is 2.53. The van der Waals surface area contributed by atoms with Gasteiger partial charge in [0, 0.05) is 10.6 Å². The van der Waals surface area contributed by atoms with Gasteiger partial charge in [-0.05, 0) is 42.8 Å². The molecular weight excluding hydrogens is 385 g/mol. The first-order valence-corrected chi connectivity index (χ1v) is 8.79. The van der Waals surface area contributed by atoms with E-state index in [1.165, 1.54) is 12.3 Å². The highest BCUT2D eigenvalue weighted by atomic mass is 35.5. The lowest BCUT2D eigenvalue weighted by molar-refractivity contribution is 0.0967. The highest BCUT2D eigenvalue weighted by molar-refractivity contribution is 6.34. The van der Waals surface area contributed by atoms with Crippen LogP contribution in [-0.4, -0.2) is 16.9 Å². The maximum atomic E-state index is 12.1. The molecule has 1 aromatic heterocycles. The van der Waals surface area contributed by atoms with Gasteiger partial charge in [-0.2, -0.15) is 0 Å². The van der Waals surface area contributed by atoms with Crippen molar-refractivity contribution in [3.63, 3.8) is 0 Å². The van der Waals surface area contributed by atoms with Crippen LogP contribution in [0.3, 0.4) is 0 Å². The molecule has 3 rings (SSSR count). The van der Waals surface area contributed by atoms with Gasteiger partial charge < -0.3 is 5.32 Å². The van der Waals surface area contributed by atoms with Crippen molar-refractivity contribution in [3.8, 4) is 11.3 Å². The van der Waals surface area contributed by atoms with E-state index < -0.39 is 11.9 Å². The molecule has 0 saturated heterocycles. The summed E-state index contributed by atoms with van der Waals surface area (Å²) in [5.41, 5.74) is 3.26. The van der Waals surface area contributed by atoms with Crippen LogP contribution >= 0.6 is 23.2 Å². The maximum absolute atomic E-state index is 12.1. The number of hydrogen-bond donors (Lipinski definition) is 2. The Bertz CT molecular complexity index is 1000. The van der Waals surface area contributed by atoms with Crippen LogP contribution in [0.2, 0.25) is 10.0 Å². The van der Waals surface area contributed by atoms with Crippen LogP contribution in [0.4, 0.5) is 10.5 Å². The van der Waals surface area contributed by atoms with Crippen molar-refractivity contribution >= 4 is 40.8 Å². The molecule has 3 aromatic rings. The summed E-state index contributed by atoms with van der Waals surface area (Å²) in [5.74, 6) is -0.583. The van der Waals surface area contributed by atoms with Gasteiger partial charge in [-0.1, -0.05) is 47.5 Å². The Hall–Kier alpha value is -2.89. The fourth-order valence-corrected chi connectivity index (χ4v) is 2.88. The molecule has 1 heterocycles. The second kappa shape index (κ2) is 8.20. The zero-order valence-corrected chi connectivity index (χ0v) is 15.8. The summed E-state index contributed by atoms with van der Waals surface area (Å²) in [7, 11) is 0. The molecule has 0 aliphatic rings. The van der Waals surface area contributed by atoms with E-state index >= 15 is 0 Å². The second-order valence-corrected chi connectivity index (χ2v) is 6.63. The Morgan fingerprint density at radius 3 is 2.37 bits per heavy atom. The molecule has 27 heavy (non-hydrogen) atoms. The van der Waals surface area contributed by atoms with E-state index in [4.69, 9.17) is 23.2 Å². The Balaban J connectivity index is 1.69. The number of nitrogens with zero attached hydrogens (tertiary/aromatic N) is 1. The number of aromatic nitrogens is 1. The highest BCUT2D eigenvalue weighted by Crippen LogP contribution is 2.24. The molecule has 7 heteroatoms. The molecule has 2 aromatic carbocycles. The fraction of sp³-hybridized carbons (Fsp3) is 0.0500. The molecule has 0 fully saturated rings. The first kappa shape index (κ1) is 18.9. The molecule has 5 nitrogen and oxygen atoms in total. The zero-order chi connectivity index (χ0) is 19.4. The van der Waals surface area contributed by atoms with Gasteiger partial charge in [0.15, 0.2) is 0 Å². The van der Waals surface area contributed by atoms with Crippen LogP contribution in [0.25, 0.3) is 11.3 Å². The van der Waals surface area contributed by atoms with E-state index in [0.29, 0.717) is 10.7 Å². The lowest BCUT2D eigenvalue weighted by Crippen LogP contribution is -2.34. The molecule has 0 unspecified atom stereocenters. The SMILES string of the molecule is Cc1cc(NC(=O)NC(=O)c2ccccc2Cl)cnc1-c1ccc(Cl)cc1. The first-order valence-electron chi connectivity index (χ1n) is 8.03. The van der Waals surface area contributed by atoms with E-state index in [2.05, 4.69) is 15.6 Å². The summed E-state index contributed by atoms with van der Waals surface area (Å²) >= 11 is 11.9. The Kier molecular flexibility index (Phi) is 5.74. The number of aryl methyl sites for hydroxylation is 1. The van der Waals surface area contributed by atoms with E-state index in [9.17, 15) is 9.59 Å². The Morgan fingerprint density at radius 1 is 1.00 bits per heavy atom. The quantitative estimate of drug-likeness (QED) is 0.625. The summed E-state index contributed by atoms with van der Waals surface area (Å²) < 4.78 is 0. The van der Waals surface area contributed by atoms with Gasteiger partial charge in [-0.15, -0.1) is 0 Å². The van der Waals surface area contributed by atoms with Gasteiger partial charge in [0.1, 0.15) is 0 Å². The molecule has 0 atom stereocenters. The van der Waals surface area contributed by atoms with Crippen LogP contribution in [0, 0.1) is 6.92 Å². The number of nitrogens with one attached hydrogen (secondary N) is 2. The normalized spacial score (nSPS) is 10.3. The van der Waals surface area contributed by atoms with E-state index in [-0.39, 0.29) is 10.6 Å². The average molecular weight is 400 g/mol. The minimum absolute atomic E-state index is 0.224. The number of anilines is 1. The van der Waals surface area contributed by atoms with Crippen molar-refractivity contribution in [2.24, 2.45) is 0 Å². The van der Waals surface area contributed by atoms with Gasteiger partial charge in [0.25, 0.3) is 5.91 Å². The van der Waals surface area contributed by atoms with Crippen molar-refractivity contribution in [1.82, 2.24) is 10.3 Å². The predicted octanol–water partition coefficient (Wildman–Crippen LogP) is 5.33. The number of halogens is 2. The summed E-state index contributed by atoms with van der Waals surface area (Å²) in [5, 5.41) is 5.75. The highest BCUT2D eigenvalue weighted by Gasteiger charge is 2.14. The largest absolute Gasteiger partial charge is 0.326 e.